The van der Waals surface area contributed by atoms with Crippen LogP contribution in [0.1, 0.15) is 56.7 Å². The van der Waals surface area contributed by atoms with Crippen molar-refractivity contribution in [2.45, 2.75) is 50.9 Å². The normalized spacial score (nSPS) is 13.0. The number of allylic oxidation sites excluding steroid dienone is 1. The van der Waals surface area contributed by atoms with E-state index in [2.05, 4.69) is 25.6 Å². The minimum Gasteiger partial charge on any atom is -0.491 e. The molecule has 3 aromatic heterocycles. The lowest BCUT2D eigenvalue weighted by atomic mass is 10.1. The number of aliphatic carboxylic acids is 1. The number of esters is 2. The molecule has 1 aliphatic heterocycles. The second-order valence-corrected chi connectivity index (χ2v) is 14.4. The average molecular weight is 892 g/mol. The molecule has 1 fully saturated rings. The van der Waals surface area contributed by atoms with Crippen LogP contribution in [0.15, 0.2) is 47.5 Å². The number of anilines is 2. The van der Waals surface area contributed by atoms with Crippen molar-refractivity contribution < 1.29 is 61.2 Å². The van der Waals surface area contributed by atoms with Gasteiger partial charge in [0.2, 0.25) is 11.9 Å². The summed E-state index contributed by atoms with van der Waals surface area (Å²) in [6.07, 6.45) is 1.03. The number of nitrogens with two attached hydrogens (primary N) is 1. The first kappa shape index (κ1) is 48.5. The largest absolute Gasteiger partial charge is 0.491 e. The molecule has 4 heterocycles. The van der Waals surface area contributed by atoms with Crippen LogP contribution in [-0.2, 0) is 36.9 Å². The number of carboxylic acids is 1. The maximum atomic E-state index is 13.6. The van der Waals surface area contributed by atoms with Gasteiger partial charge in [0.15, 0.2) is 0 Å². The first-order chi connectivity index (χ1) is 29.6. The van der Waals surface area contributed by atoms with Gasteiger partial charge in [0.1, 0.15) is 22.8 Å². The molecule has 1 saturated heterocycles. The highest BCUT2D eigenvalue weighted by Crippen LogP contribution is 2.32. The number of thioether (sulfide) groups is 1. The molecule has 0 atom stereocenters. The van der Waals surface area contributed by atoms with Gasteiger partial charge in [0, 0.05) is 56.8 Å². The fourth-order valence-electron chi connectivity index (χ4n) is 5.87. The van der Waals surface area contributed by atoms with E-state index >= 15 is 0 Å². The van der Waals surface area contributed by atoms with E-state index < -0.39 is 29.9 Å². The molecule has 336 valence electrons. The quantitative estimate of drug-likeness (QED) is 0.0447. The number of benzene rings is 1. The fraction of sp³-hybridized carbons (Fsp3) is 0.436. The Hall–Kier alpha value is -6.20. The molecule has 23 heteroatoms. The van der Waals surface area contributed by atoms with Gasteiger partial charge in [-0.05, 0) is 44.5 Å². The molecule has 0 bridgehead atoms. The van der Waals surface area contributed by atoms with Crippen molar-refractivity contribution >= 4 is 64.3 Å². The molecule has 5 N–H and O–H groups in total. The summed E-state index contributed by atoms with van der Waals surface area (Å²) >= 11 is 1.36. The van der Waals surface area contributed by atoms with Crippen LogP contribution < -0.4 is 21.1 Å². The summed E-state index contributed by atoms with van der Waals surface area (Å²) in [5.74, 6) is -3.08. The molecular formula is C39H48F3N9O10S. The van der Waals surface area contributed by atoms with E-state index in [-0.39, 0.29) is 36.0 Å². The number of carboxylic acid groups (broad SMARTS) is 1. The summed E-state index contributed by atoms with van der Waals surface area (Å²) in [4.78, 5) is 70.9. The maximum Gasteiger partial charge on any atom is 0.490 e. The lowest BCUT2D eigenvalue weighted by molar-refractivity contribution is -0.192. The fourth-order valence-corrected chi connectivity index (χ4v) is 6.83. The number of rotatable bonds is 19. The number of nitrogens with zero attached hydrogens (tertiary/aromatic N) is 6. The van der Waals surface area contributed by atoms with Crippen LogP contribution in [0.25, 0.3) is 11.0 Å². The Labute approximate surface area is 358 Å². The Morgan fingerprint density at radius 3 is 2.42 bits per heavy atom. The summed E-state index contributed by atoms with van der Waals surface area (Å²) < 4.78 is 56.5. The third-order valence-electron chi connectivity index (χ3n) is 8.88. The van der Waals surface area contributed by atoms with Gasteiger partial charge in [-0.3, -0.25) is 29.3 Å². The number of carbonyl (C=O) groups excluding carboxylic acids is 4. The van der Waals surface area contributed by atoms with Gasteiger partial charge in [0.05, 0.1) is 62.1 Å². The zero-order valence-electron chi connectivity index (χ0n) is 34.5. The molecule has 4 aromatic rings. The van der Waals surface area contributed by atoms with Gasteiger partial charge in [-0.1, -0.05) is 12.2 Å². The Kier molecular flexibility index (Phi) is 18.1. The number of ether oxygens (including phenoxy) is 4. The van der Waals surface area contributed by atoms with Gasteiger partial charge in [0.25, 0.3) is 5.91 Å². The second kappa shape index (κ2) is 23.1. The second-order valence-electron chi connectivity index (χ2n) is 13.2. The number of amides is 2. The molecule has 0 aliphatic carbocycles. The van der Waals surface area contributed by atoms with Crippen molar-refractivity contribution in [3.8, 4) is 5.75 Å². The molecule has 0 radical (unpaired) electrons. The number of halogens is 3. The van der Waals surface area contributed by atoms with Gasteiger partial charge in [-0.25, -0.2) is 19.6 Å². The van der Waals surface area contributed by atoms with Crippen molar-refractivity contribution in [3.63, 3.8) is 0 Å². The number of carbonyl (C=O) groups is 5. The average Bonchev–Trinajstić information content (AvgIpc) is 3.81. The van der Waals surface area contributed by atoms with Crippen LogP contribution in [0.4, 0.5) is 24.9 Å². The number of hydrogen-bond donors (Lipinski definition) is 4. The molecule has 0 saturated carbocycles. The summed E-state index contributed by atoms with van der Waals surface area (Å²) in [7, 11) is 2.63. The van der Waals surface area contributed by atoms with Gasteiger partial charge in [-0.2, -0.15) is 18.3 Å². The highest BCUT2D eigenvalue weighted by atomic mass is 32.2. The molecule has 0 unspecified atom stereocenters. The summed E-state index contributed by atoms with van der Waals surface area (Å²) in [5.41, 5.74) is 8.30. The zero-order chi connectivity index (χ0) is 45.4. The van der Waals surface area contributed by atoms with E-state index in [0.29, 0.717) is 77.5 Å². The predicted molar refractivity (Wildman–Crippen MR) is 220 cm³/mol. The van der Waals surface area contributed by atoms with Gasteiger partial charge >= 0.3 is 24.1 Å². The number of alkyl halides is 3. The molecule has 0 spiro atoms. The Bertz CT molecular complexity index is 2240. The smallest absolute Gasteiger partial charge is 0.490 e. The van der Waals surface area contributed by atoms with Crippen LogP contribution >= 0.6 is 11.8 Å². The predicted octanol–water partition coefficient (Wildman–Crippen LogP) is 4.15. The van der Waals surface area contributed by atoms with E-state index in [0.717, 1.165) is 26.1 Å². The third-order valence-corrected chi connectivity index (χ3v) is 9.91. The number of aryl methyl sites for hydroxylation is 2. The minimum atomic E-state index is -5.08. The number of fused-ring (bicyclic) bond motifs is 1. The number of methoxy groups -OCH3 is 2. The maximum absolute atomic E-state index is 13.6. The number of aromatic nitrogens is 5. The van der Waals surface area contributed by atoms with E-state index in [1.54, 1.807) is 28.9 Å². The van der Waals surface area contributed by atoms with E-state index in [1.807, 2.05) is 30.6 Å². The first-order valence-corrected chi connectivity index (χ1v) is 20.1. The minimum absolute atomic E-state index is 0.182. The first-order valence-electron chi connectivity index (χ1n) is 19.2. The van der Waals surface area contributed by atoms with Crippen LogP contribution in [0, 0.1) is 6.92 Å². The third kappa shape index (κ3) is 13.9. The van der Waals surface area contributed by atoms with Crippen LogP contribution in [0.2, 0.25) is 0 Å². The molecular weight excluding hydrogens is 844 g/mol. The number of nitrogens with one attached hydrogen (secondary N) is 2. The monoisotopic (exact) mass is 891 g/mol. The topological polar surface area (TPSA) is 244 Å². The number of hydrogen-bond acceptors (Lipinski definition) is 15. The molecule has 5 rings (SSSR count). The van der Waals surface area contributed by atoms with Crippen LogP contribution in [0.5, 0.6) is 5.75 Å². The Morgan fingerprint density at radius 2 is 1.77 bits per heavy atom. The molecule has 1 aromatic carbocycles. The van der Waals surface area contributed by atoms with Gasteiger partial charge in [-0.15, -0.1) is 11.8 Å². The number of primary amides is 1. The van der Waals surface area contributed by atoms with Crippen molar-refractivity contribution in [2.75, 3.05) is 76.6 Å². The van der Waals surface area contributed by atoms with Crippen molar-refractivity contribution in [1.29, 1.82) is 0 Å². The summed E-state index contributed by atoms with van der Waals surface area (Å²) in [6.45, 7) is 9.14. The van der Waals surface area contributed by atoms with Crippen molar-refractivity contribution in [2.24, 2.45) is 5.73 Å². The van der Waals surface area contributed by atoms with Crippen LogP contribution in [-0.4, -0.2) is 136 Å². The SMILES string of the molecule is CCn1nc(C)cc1C(=O)Nc1nc2cc(C(N)=O)cc(OCCCN3CCOCC3)c2n1C/C=C/CNc1ncc(C(=O)OC)cc1SCCC(=O)OC.O=C(O)C(F)(F)F. The highest BCUT2D eigenvalue weighted by Gasteiger charge is 2.38. The molecule has 2 amide bonds. The lowest BCUT2D eigenvalue weighted by Crippen LogP contribution is -2.37. The Balaban J connectivity index is 0.00000111. The van der Waals surface area contributed by atoms with E-state index in [1.165, 1.54) is 32.2 Å². The lowest BCUT2D eigenvalue weighted by Gasteiger charge is -2.26. The number of pyridine rings is 1. The van der Waals surface area contributed by atoms with Gasteiger partial charge < -0.3 is 39.7 Å². The summed E-state index contributed by atoms with van der Waals surface area (Å²) in [5, 5.41) is 17.7. The van der Waals surface area contributed by atoms with Crippen LogP contribution in [0.3, 0.4) is 0 Å². The van der Waals surface area contributed by atoms with Crippen molar-refractivity contribution in [1.82, 2.24) is 29.2 Å². The zero-order valence-corrected chi connectivity index (χ0v) is 35.3. The summed E-state index contributed by atoms with van der Waals surface area (Å²) in [6, 6.07) is 6.56. The van der Waals surface area contributed by atoms with E-state index in [4.69, 9.17) is 39.6 Å². The highest BCUT2D eigenvalue weighted by molar-refractivity contribution is 7.99. The number of morpholine rings is 1. The molecule has 1 aliphatic rings. The van der Waals surface area contributed by atoms with E-state index in [9.17, 15) is 32.3 Å². The standard InChI is InChI=1S/C37H47N9O8S.C2HF3O2/c1-5-46-28(19-24(2)43-46)35(49)42-37-41-27-20-25(33(38)48)21-29(54-15-8-11-44-13-16-53-17-14-44)32(27)45(37)12-7-6-10-39-34-30(55-18-9-31(47)51-3)22-26(23-40-34)36(50)52-4;3-2(4,5)1(6)7/h6-7,19-23H,5,8-18H2,1-4H3,(H2,38,48)(H,39,40)(H,41,42,49);(H,6,7)/b7-6+;. The number of imidazole rings is 1. The Morgan fingerprint density at radius 1 is 1.05 bits per heavy atom. The molecule has 19 nitrogen and oxygen atoms in total. The molecule has 62 heavy (non-hydrogen) atoms. The van der Waals surface area contributed by atoms with Crippen molar-refractivity contribution in [3.05, 3.63) is 65.1 Å².